The Kier molecular flexibility index (Phi) is 5.02. The SMILES string of the molecule is CCOC(=O)CN1CC(CO)(c2cc3c(cc2O)OCC3)C2CC(Cl)=CC=C21. The Balaban J connectivity index is 1.77. The standard InChI is InChI=1S/C21H24ClNO5/c1-2-27-20(26)10-23-11-21(12-24,15-8-14(22)3-4-17(15)23)16-7-13-5-6-28-19(13)9-18(16)25/h3-4,7,9,15,24-25H,2,5-6,8,10-12H2,1H3. The Morgan fingerprint density at radius 3 is 3.00 bits per heavy atom. The third-order valence-electron chi connectivity index (χ3n) is 5.95. The number of nitrogens with zero attached hydrogens (tertiary/aromatic N) is 1. The fourth-order valence-corrected chi connectivity index (χ4v) is 4.86. The van der Waals surface area contributed by atoms with Gasteiger partial charge in [-0.3, -0.25) is 4.79 Å². The van der Waals surface area contributed by atoms with Crippen LogP contribution in [0.15, 0.2) is 35.0 Å². The van der Waals surface area contributed by atoms with Crippen LogP contribution in [-0.2, 0) is 21.4 Å². The number of aromatic hydroxyl groups is 1. The number of fused-ring (bicyclic) bond motifs is 2. The first kappa shape index (κ1) is 19.2. The minimum Gasteiger partial charge on any atom is -0.508 e. The van der Waals surface area contributed by atoms with Gasteiger partial charge in [0.05, 0.1) is 19.8 Å². The zero-order valence-electron chi connectivity index (χ0n) is 15.8. The summed E-state index contributed by atoms with van der Waals surface area (Å²) in [5.74, 6) is 0.324. The van der Waals surface area contributed by atoms with Crippen molar-refractivity contribution in [1.29, 1.82) is 0 Å². The Hall–Kier alpha value is -2.18. The van der Waals surface area contributed by atoms with E-state index in [4.69, 9.17) is 21.1 Å². The molecule has 1 aliphatic carbocycles. The summed E-state index contributed by atoms with van der Waals surface area (Å²) >= 11 is 6.33. The number of allylic oxidation sites excluding steroid dienone is 4. The number of phenolic OH excluding ortho intramolecular Hbond substituents is 1. The van der Waals surface area contributed by atoms with Gasteiger partial charge >= 0.3 is 5.97 Å². The van der Waals surface area contributed by atoms with E-state index in [1.165, 1.54) is 0 Å². The molecule has 4 rings (SSSR count). The zero-order chi connectivity index (χ0) is 19.9. The van der Waals surface area contributed by atoms with Gasteiger partial charge in [-0.15, -0.1) is 0 Å². The van der Waals surface area contributed by atoms with E-state index >= 15 is 0 Å². The second-order valence-corrected chi connectivity index (χ2v) is 8.00. The van der Waals surface area contributed by atoms with Gasteiger partial charge in [-0.2, -0.15) is 0 Å². The number of hydrogen-bond donors (Lipinski definition) is 2. The van der Waals surface area contributed by atoms with Crippen LogP contribution in [-0.4, -0.2) is 54.0 Å². The summed E-state index contributed by atoms with van der Waals surface area (Å²) in [5.41, 5.74) is 1.86. The van der Waals surface area contributed by atoms with Gasteiger partial charge < -0.3 is 24.6 Å². The van der Waals surface area contributed by atoms with Crippen LogP contribution in [0.2, 0.25) is 0 Å². The maximum Gasteiger partial charge on any atom is 0.325 e. The number of aliphatic hydroxyl groups is 1. The molecular weight excluding hydrogens is 382 g/mol. The van der Waals surface area contributed by atoms with E-state index in [1.807, 2.05) is 23.1 Å². The lowest BCUT2D eigenvalue weighted by atomic mass is 9.69. The summed E-state index contributed by atoms with van der Waals surface area (Å²) in [4.78, 5) is 14.1. The molecule has 150 valence electrons. The molecule has 3 aliphatic rings. The molecule has 1 fully saturated rings. The second kappa shape index (κ2) is 7.33. The molecule has 2 unspecified atom stereocenters. The summed E-state index contributed by atoms with van der Waals surface area (Å²) in [6.45, 7) is 2.99. The van der Waals surface area contributed by atoms with Gasteiger partial charge in [0.25, 0.3) is 0 Å². The number of hydrogen-bond acceptors (Lipinski definition) is 6. The number of rotatable bonds is 5. The maximum atomic E-state index is 12.1. The van der Waals surface area contributed by atoms with Gasteiger partial charge in [-0.05, 0) is 37.1 Å². The van der Waals surface area contributed by atoms with Crippen molar-refractivity contribution in [2.45, 2.75) is 25.2 Å². The molecule has 0 spiro atoms. The van der Waals surface area contributed by atoms with Crippen molar-refractivity contribution in [2.75, 3.05) is 32.9 Å². The van der Waals surface area contributed by atoms with Crippen molar-refractivity contribution < 1.29 is 24.5 Å². The van der Waals surface area contributed by atoms with Crippen LogP contribution in [0.3, 0.4) is 0 Å². The van der Waals surface area contributed by atoms with Crippen molar-refractivity contribution in [2.24, 2.45) is 5.92 Å². The predicted octanol–water partition coefficient (Wildman–Crippen LogP) is 2.46. The van der Waals surface area contributed by atoms with Crippen LogP contribution in [0.1, 0.15) is 24.5 Å². The van der Waals surface area contributed by atoms with E-state index in [-0.39, 0.29) is 30.8 Å². The number of aliphatic hydroxyl groups excluding tert-OH is 1. The van der Waals surface area contributed by atoms with E-state index < -0.39 is 5.41 Å². The molecule has 28 heavy (non-hydrogen) atoms. The lowest BCUT2D eigenvalue weighted by Crippen LogP contribution is -2.40. The fourth-order valence-electron chi connectivity index (χ4n) is 4.65. The lowest BCUT2D eigenvalue weighted by Gasteiger charge is -2.34. The molecule has 2 N–H and O–H groups in total. The molecule has 2 aliphatic heterocycles. The van der Waals surface area contributed by atoms with Crippen LogP contribution < -0.4 is 4.74 Å². The topological polar surface area (TPSA) is 79.2 Å². The average Bonchev–Trinajstić information content (AvgIpc) is 3.23. The molecule has 0 radical (unpaired) electrons. The molecule has 6 nitrogen and oxygen atoms in total. The van der Waals surface area contributed by atoms with E-state index in [0.717, 1.165) is 17.7 Å². The molecule has 1 saturated heterocycles. The minimum atomic E-state index is -0.769. The summed E-state index contributed by atoms with van der Waals surface area (Å²) in [7, 11) is 0. The smallest absolute Gasteiger partial charge is 0.325 e. The highest BCUT2D eigenvalue weighted by molar-refractivity contribution is 6.29. The Morgan fingerprint density at radius 2 is 2.25 bits per heavy atom. The Bertz CT molecular complexity index is 865. The second-order valence-electron chi connectivity index (χ2n) is 7.51. The molecular formula is C21H24ClNO5. The molecule has 0 aromatic heterocycles. The first-order valence-electron chi connectivity index (χ1n) is 9.55. The number of likely N-dealkylation sites (tertiary alicyclic amines) is 1. The Morgan fingerprint density at radius 1 is 1.43 bits per heavy atom. The van der Waals surface area contributed by atoms with Crippen LogP contribution in [0.5, 0.6) is 11.5 Å². The molecule has 2 atom stereocenters. The molecule has 0 bridgehead atoms. The number of ether oxygens (including phenoxy) is 2. The number of esters is 1. The third kappa shape index (κ3) is 3.05. The van der Waals surface area contributed by atoms with Crippen molar-refractivity contribution in [3.63, 3.8) is 0 Å². The first-order chi connectivity index (χ1) is 13.5. The highest BCUT2D eigenvalue weighted by Gasteiger charge is 2.52. The summed E-state index contributed by atoms with van der Waals surface area (Å²) < 4.78 is 10.7. The molecule has 1 aromatic carbocycles. The summed E-state index contributed by atoms with van der Waals surface area (Å²) in [6, 6.07) is 3.57. The number of carbonyl (C=O) groups is 1. The number of phenols is 1. The number of halogens is 1. The van der Waals surface area contributed by atoms with E-state index in [9.17, 15) is 15.0 Å². The quantitative estimate of drug-likeness (QED) is 0.732. The highest BCUT2D eigenvalue weighted by atomic mass is 35.5. The van der Waals surface area contributed by atoms with Crippen LogP contribution in [0.25, 0.3) is 0 Å². The molecule has 0 saturated carbocycles. The molecule has 7 heteroatoms. The predicted molar refractivity (Wildman–Crippen MR) is 104 cm³/mol. The van der Waals surface area contributed by atoms with Crippen molar-refractivity contribution in [3.8, 4) is 11.5 Å². The maximum absolute atomic E-state index is 12.1. The highest BCUT2D eigenvalue weighted by Crippen LogP contribution is 2.52. The van der Waals surface area contributed by atoms with Gasteiger partial charge in [-0.25, -0.2) is 0 Å². The Labute approximate surface area is 169 Å². The van der Waals surface area contributed by atoms with Gasteiger partial charge in [0.1, 0.15) is 18.0 Å². The van der Waals surface area contributed by atoms with E-state index in [2.05, 4.69) is 0 Å². The number of benzene rings is 1. The van der Waals surface area contributed by atoms with Gasteiger partial charge in [0.15, 0.2) is 0 Å². The van der Waals surface area contributed by atoms with Crippen molar-refractivity contribution >= 4 is 17.6 Å². The molecule has 0 amide bonds. The normalized spacial score (nSPS) is 25.5. The zero-order valence-corrected chi connectivity index (χ0v) is 16.5. The van der Waals surface area contributed by atoms with Crippen molar-refractivity contribution in [3.05, 3.63) is 46.1 Å². The van der Waals surface area contributed by atoms with Gasteiger partial charge in [0.2, 0.25) is 0 Å². The van der Waals surface area contributed by atoms with Crippen LogP contribution in [0.4, 0.5) is 0 Å². The minimum absolute atomic E-state index is 0.0951. The monoisotopic (exact) mass is 405 g/mol. The molecule has 2 heterocycles. The van der Waals surface area contributed by atoms with Crippen LogP contribution >= 0.6 is 11.6 Å². The lowest BCUT2D eigenvalue weighted by molar-refractivity contribution is -0.143. The molecule has 1 aromatic rings. The summed E-state index contributed by atoms with van der Waals surface area (Å²) in [5, 5.41) is 22.0. The van der Waals surface area contributed by atoms with E-state index in [0.29, 0.717) is 42.5 Å². The van der Waals surface area contributed by atoms with Crippen LogP contribution in [0, 0.1) is 5.92 Å². The van der Waals surface area contributed by atoms with E-state index in [1.54, 1.807) is 13.0 Å². The fraction of sp³-hybridized carbons (Fsp3) is 0.476. The first-order valence-corrected chi connectivity index (χ1v) is 9.93. The largest absolute Gasteiger partial charge is 0.508 e. The third-order valence-corrected chi connectivity index (χ3v) is 6.23. The van der Waals surface area contributed by atoms with Gasteiger partial charge in [0, 0.05) is 46.7 Å². The average molecular weight is 406 g/mol. The summed E-state index contributed by atoms with van der Waals surface area (Å²) in [6.07, 6.45) is 5.04. The van der Waals surface area contributed by atoms with Crippen molar-refractivity contribution in [1.82, 2.24) is 4.90 Å². The van der Waals surface area contributed by atoms with Gasteiger partial charge in [-0.1, -0.05) is 11.6 Å². The number of carbonyl (C=O) groups excluding carboxylic acids is 1.